The first-order chi connectivity index (χ1) is 8.61. The molecule has 2 rings (SSSR count). The second-order valence-electron chi connectivity index (χ2n) is 4.08. The Balaban J connectivity index is 2.33. The lowest BCUT2D eigenvalue weighted by Gasteiger charge is -2.06. The molecule has 0 saturated heterocycles. The Morgan fingerprint density at radius 3 is 2.89 bits per heavy atom. The molecule has 0 radical (unpaired) electrons. The Bertz CT molecular complexity index is 551. The zero-order chi connectivity index (χ0) is 13.1. The lowest BCUT2D eigenvalue weighted by Crippen LogP contribution is -2.06. The molecule has 96 valence electrons. The van der Waals surface area contributed by atoms with E-state index in [2.05, 4.69) is 16.5 Å². The van der Waals surface area contributed by atoms with Gasteiger partial charge in [-0.2, -0.15) is 5.10 Å². The number of benzene rings is 1. The van der Waals surface area contributed by atoms with Gasteiger partial charge in [0.2, 0.25) is 0 Å². The van der Waals surface area contributed by atoms with Crippen LogP contribution in [-0.4, -0.2) is 16.8 Å². The topological polar surface area (TPSA) is 29.9 Å². The molecule has 0 aliphatic rings. The predicted octanol–water partition coefficient (Wildman–Crippen LogP) is 3.25. The van der Waals surface area contributed by atoms with Gasteiger partial charge in [0.05, 0.1) is 5.69 Å². The molecule has 1 N–H and O–H groups in total. The molecule has 0 aliphatic carbocycles. The largest absolute Gasteiger partial charge is 0.316 e. The van der Waals surface area contributed by atoms with E-state index in [-0.39, 0.29) is 0 Å². The molecule has 0 saturated carbocycles. The second-order valence-corrected chi connectivity index (χ2v) is 5.58. The minimum absolute atomic E-state index is 0.758. The fraction of sp³-hybridized carbons (Fsp3) is 0.308. The summed E-state index contributed by atoms with van der Waals surface area (Å²) in [5.41, 5.74) is 2.31. The summed E-state index contributed by atoms with van der Waals surface area (Å²) < 4.78 is 1.92. The summed E-state index contributed by atoms with van der Waals surface area (Å²) in [7, 11) is 3.92. The third kappa shape index (κ3) is 2.88. The lowest BCUT2D eigenvalue weighted by atomic mass is 10.3. The Kier molecular flexibility index (Phi) is 4.32. The van der Waals surface area contributed by atoms with Crippen LogP contribution in [0.3, 0.4) is 0 Å². The van der Waals surface area contributed by atoms with Crippen molar-refractivity contribution >= 4 is 23.4 Å². The van der Waals surface area contributed by atoms with Gasteiger partial charge in [0.1, 0.15) is 5.03 Å². The van der Waals surface area contributed by atoms with E-state index >= 15 is 0 Å². The van der Waals surface area contributed by atoms with E-state index in [9.17, 15) is 0 Å². The number of halogens is 1. The molecule has 0 atom stereocenters. The minimum atomic E-state index is 0.758. The zero-order valence-corrected chi connectivity index (χ0v) is 12.3. The van der Waals surface area contributed by atoms with Gasteiger partial charge in [-0.3, -0.25) is 4.68 Å². The highest BCUT2D eigenvalue weighted by molar-refractivity contribution is 7.99. The van der Waals surface area contributed by atoms with Crippen molar-refractivity contribution in [3.05, 3.63) is 40.5 Å². The fourth-order valence-corrected chi connectivity index (χ4v) is 3.16. The summed E-state index contributed by atoms with van der Waals surface area (Å²) in [4.78, 5) is 1.13. The Morgan fingerprint density at radius 2 is 2.22 bits per heavy atom. The van der Waals surface area contributed by atoms with E-state index in [0.29, 0.717) is 0 Å². The highest BCUT2D eigenvalue weighted by atomic mass is 35.5. The van der Waals surface area contributed by atoms with Crippen LogP contribution in [-0.2, 0) is 13.6 Å². The van der Waals surface area contributed by atoms with Crippen LogP contribution >= 0.6 is 23.4 Å². The van der Waals surface area contributed by atoms with Gasteiger partial charge in [0, 0.05) is 29.1 Å². The molecule has 0 spiro atoms. The van der Waals surface area contributed by atoms with Crippen LogP contribution in [0.15, 0.2) is 34.2 Å². The molecule has 0 unspecified atom stereocenters. The van der Waals surface area contributed by atoms with Crippen molar-refractivity contribution in [1.82, 2.24) is 15.1 Å². The number of nitrogens with zero attached hydrogens (tertiary/aromatic N) is 2. The normalized spacial score (nSPS) is 10.9. The summed E-state index contributed by atoms with van der Waals surface area (Å²) in [6.07, 6.45) is 0. The van der Waals surface area contributed by atoms with E-state index < -0.39 is 0 Å². The first kappa shape index (κ1) is 13.5. The Hall–Kier alpha value is -0.970. The van der Waals surface area contributed by atoms with Gasteiger partial charge in [0.25, 0.3) is 0 Å². The van der Waals surface area contributed by atoms with Crippen LogP contribution < -0.4 is 5.32 Å². The number of aromatic nitrogens is 2. The lowest BCUT2D eigenvalue weighted by molar-refractivity contribution is 0.684. The average molecular weight is 282 g/mol. The first-order valence-corrected chi connectivity index (χ1v) is 6.91. The second kappa shape index (κ2) is 5.78. The van der Waals surface area contributed by atoms with Gasteiger partial charge in [-0.1, -0.05) is 29.4 Å². The number of hydrogen-bond donors (Lipinski definition) is 1. The quantitative estimate of drug-likeness (QED) is 0.933. The number of rotatable bonds is 4. The SMILES string of the molecule is CNCc1c(C)nn(C)c1Sc1cccc(Cl)c1. The molecule has 2 aromatic rings. The smallest absolute Gasteiger partial charge is 0.103 e. The van der Waals surface area contributed by atoms with Crippen molar-refractivity contribution in [2.24, 2.45) is 7.05 Å². The molecule has 3 nitrogen and oxygen atoms in total. The molecular weight excluding hydrogens is 266 g/mol. The summed E-state index contributed by atoms with van der Waals surface area (Å²) >= 11 is 7.70. The van der Waals surface area contributed by atoms with Crippen molar-refractivity contribution in [2.75, 3.05) is 7.05 Å². The summed E-state index contributed by atoms with van der Waals surface area (Å²) in [5, 5.41) is 9.57. The van der Waals surface area contributed by atoms with Crippen molar-refractivity contribution in [3.63, 3.8) is 0 Å². The number of nitrogens with one attached hydrogen (secondary N) is 1. The van der Waals surface area contributed by atoms with E-state index in [1.165, 1.54) is 5.56 Å². The predicted molar refractivity (Wildman–Crippen MR) is 76.3 cm³/mol. The minimum Gasteiger partial charge on any atom is -0.316 e. The third-order valence-corrected chi connectivity index (χ3v) is 4.08. The zero-order valence-electron chi connectivity index (χ0n) is 10.7. The van der Waals surface area contributed by atoms with Crippen LogP contribution in [0.25, 0.3) is 0 Å². The van der Waals surface area contributed by atoms with Crippen LogP contribution in [0.2, 0.25) is 5.02 Å². The van der Waals surface area contributed by atoms with Crippen molar-refractivity contribution in [3.8, 4) is 0 Å². The maximum Gasteiger partial charge on any atom is 0.103 e. The standard InChI is InChI=1S/C13H16ClN3S/c1-9-12(8-15-2)13(17(3)16-9)18-11-6-4-5-10(14)7-11/h4-7,15H,8H2,1-3H3. The van der Waals surface area contributed by atoms with Crippen LogP contribution in [0.4, 0.5) is 0 Å². The highest BCUT2D eigenvalue weighted by Crippen LogP contribution is 2.32. The van der Waals surface area contributed by atoms with Crippen molar-refractivity contribution in [2.45, 2.75) is 23.4 Å². The summed E-state index contributed by atoms with van der Waals surface area (Å²) in [5.74, 6) is 0. The fourth-order valence-electron chi connectivity index (χ4n) is 1.83. The number of aryl methyl sites for hydroxylation is 2. The van der Waals surface area contributed by atoms with E-state index in [1.807, 2.05) is 43.9 Å². The molecule has 5 heteroatoms. The maximum atomic E-state index is 6.01. The molecule has 0 fully saturated rings. The van der Waals surface area contributed by atoms with E-state index in [4.69, 9.17) is 11.6 Å². The van der Waals surface area contributed by atoms with Crippen molar-refractivity contribution in [1.29, 1.82) is 0 Å². The molecule has 18 heavy (non-hydrogen) atoms. The first-order valence-electron chi connectivity index (χ1n) is 5.72. The summed E-state index contributed by atoms with van der Waals surface area (Å²) in [6.45, 7) is 2.86. The molecule has 0 amide bonds. The maximum absolute atomic E-state index is 6.01. The monoisotopic (exact) mass is 281 g/mol. The highest BCUT2D eigenvalue weighted by Gasteiger charge is 2.13. The number of hydrogen-bond acceptors (Lipinski definition) is 3. The van der Waals surface area contributed by atoms with E-state index in [1.54, 1.807) is 11.8 Å². The van der Waals surface area contributed by atoms with Gasteiger partial charge in [-0.25, -0.2) is 0 Å². The third-order valence-electron chi connectivity index (χ3n) is 2.65. The summed E-state index contributed by atoms with van der Waals surface area (Å²) in [6, 6.07) is 7.87. The van der Waals surface area contributed by atoms with Crippen molar-refractivity contribution < 1.29 is 0 Å². The van der Waals surface area contributed by atoms with E-state index in [0.717, 1.165) is 27.2 Å². The Labute approximate surface area is 117 Å². The van der Waals surface area contributed by atoms with Gasteiger partial charge >= 0.3 is 0 Å². The molecule has 0 bridgehead atoms. The van der Waals surface area contributed by atoms with Gasteiger partial charge in [-0.15, -0.1) is 0 Å². The average Bonchev–Trinajstić information content (AvgIpc) is 2.57. The van der Waals surface area contributed by atoms with Crippen LogP contribution in [0.1, 0.15) is 11.3 Å². The van der Waals surface area contributed by atoms with Crippen LogP contribution in [0, 0.1) is 6.92 Å². The van der Waals surface area contributed by atoms with Gasteiger partial charge in [-0.05, 0) is 32.2 Å². The molecule has 0 aliphatic heterocycles. The molecule has 1 heterocycles. The van der Waals surface area contributed by atoms with Gasteiger partial charge < -0.3 is 5.32 Å². The molecule has 1 aromatic carbocycles. The molecule has 1 aromatic heterocycles. The molecular formula is C13H16ClN3S. The van der Waals surface area contributed by atoms with Crippen LogP contribution in [0.5, 0.6) is 0 Å². The Morgan fingerprint density at radius 1 is 1.44 bits per heavy atom. The van der Waals surface area contributed by atoms with Gasteiger partial charge in [0.15, 0.2) is 0 Å².